The molecule has 0 unspecified atom stereocenters. The van der Waals surface area contributed by atoms with Crippen LogP contribution in [0.4, 0.5) is 11.4 Å². The number of halogens is 1. The average molecular weight is 455 g/mol. The van der Waals surface area contributed by atoms with Crippen LogP contribution in [0.3, 0.4) is 0 Å². The molecule has 0 aliphatic rings. The molecule has 0 atom stereocenters. The van der Waals surface area contributed by atoms with Crippen molar-refractivity contribution in [2.24, 2.45) is 0 Å². The summed E-state index contributed by atoms with van der Waals surface area (Å²) in [6.45, 7) is 0. The Balaban J connectivity index is 1.54. The van der Waals surface area contributed by atoms with Crippen LogP contribution in [0.2, 0.25) is 5.02 Å². The first kappa shape index (κ1) is 22.4. The highest BCUT2D eigenvalue weighted by Crippen LogP contribution is 2.21. The third-order valence-electron chi connectivity index (χ3n) is 4.25. The molecule has 3 aromatic carbocycles. The summed E-state index contributed by atoms with van der Waals surface area (Å²) >= 11 is 7.56. The van der Waals surface area contributed by atoms with E-state index in [1.807, 2.05) is 24.3 Å². The Morgan fingerprint density at radius 1 is 0.839 bits per heavy atom. The molecule has 6 nitrogen and oxygen atoms in total. The van der Waals surface area contributed by atoms with Gasteiger partial charge in [-0.15, -0.1) is 11.8 Å². The van der Waals surface area contributed by atoms with Crippen LogP contribution in [0, 0.1) is 0 Å². The molecule has 0 aliphatic carbocycles. The van der Waals surface area contributed by atoms with Gasteiger partial charge in [-0.2, -0.15) is 0 Å². The predicted octanol–water partition coefficient (Wildman–Crippen LogP) is 5.16. The molecule has 0 saturated heterocycles. The predicted molar refractivity (Wildman–Crippen MR) is 124 cm³/mol. The number of carboxylic acid groups (broad SMARTS) is 1. The molecule has 2 amide bonds. The fraction of sp³-hybridized carbons (Fsp3) is 0.0870. The van der Waals surface area contributed by atoms with Crippen molar-refractivity contribution in [3.8, 4) is 0 Å². The van der Waals surface area contributed by atoms with Crippen molar-refractivity contribution in [1.82, 2.24) is 0 Å². The first-order chi connectivity index (χ1) is 14.9. The minimum absolute atomic E-state index is 0.134. The van der Waals surface area contributed by atoms with Gasteiger partial charge in [0.1, 0.15) is 0 Å². The van der Waals surface area contributed by atoms with E-state index in [9.17, 15) is 14.4 Å². The SMILES string of the molecule is O=C(CSCc1ccccc1Cl)Nc1cccc(C(=O)Nc2ccc(C(=O)O)cc2)c1. The summed E-state index contributed by atoms with van der Waals surface area (Å²) in [5.74, 6) is -0.717. The van der Waals surface area contributed by atoms with E-state index < -0.39 is 5.97 Å². The Morgan fingerprint density at radius 2 is 1.58 bits per heavy atom. The largest absolute Gasteiger partial charge is 0.478 e. The maximum absolute atomic E-state index is 12.5. The van der Waals surface area contributed by atoms with Crippen molar-refractivity contribution in [1.29, 1.82) is 0 Å². The molecule has 0 saturated carbocycles. The number of benzene rings is 3. The van der Waals surface area contributed by atoms with E-state index in [4.69, 9.17) is 16.7 Å². The number of hydrogen-bond acceptors (Lipinski definition) is 4. The highest BCUT2D eigenvalue weighted by Gasteiger charge is 2.10. The molecule has 3 N–H and O–H groups in total. The van der Waals surface area contributed by atoms with Gasteiger partial charge in [0.15, 0.2) is 0 Å². The van der Waals surface area contributed by atoms with Gasteiger partial charge in [0.05, 0.1) is 11.3 Å². The van der Waals surface area contributed by atoms with Gasteiger partial charge in [-0.1, -0.05) is 35.9 Å². The number of amides is 2. The van der Waals surface area contributed by atoms with Gasteiger partial charge < -0.3 is 15.7 Å². The number of carbonyl (C=O) groups excluding carboxylic acids is 2. The molecule has 31 heavy (non-hydrogen) atoms. The maximum atomic E-state index is 12.5. The molecule has 0 aromatic heterocycles. The summed E-state index contributed by atoms with van der Waals surface area (Å²) in [6, 6.07) is 19.9. The zero-order valence-corrected chi connectivity index (χ0v) is 17.9. The molecule has 3 aromatic rings. The van der Waals surface area contributed by atoms with E-state index in [2.05, 4.69) is 10.6 Å². The van der Waals surface area contributed by atoms with Gasteiger partial charge in [0.25, 0.3) is 5.91 Å². The molecule has 158 valence electrons. The molecule has 0 heterocycles. The molecule has 0 fully saturated rings. The number of thioether (sulfide) groups is 1. The van der Waals surface area contributed by atoms with Gasteiger partial charge >= 0.3 is 5.97 Å². The summed E-state index contributed by atoms with van der Waals surface area (Å²) < 4.78 is 0. The molecule has 3 rings (SSSR count). The summed E-state index contributed by atoms with van der Waals surface area (Å²) in [7, 11) is 0. The second-order valence-corrected chi connectivity index (χ2v) is 7.94. The highest BCUT2D eigenvalue weighted by atomic mass is 35.5. The first-order valence-electron chi connectivity index (χ1n) is 9.28. The number of hydrogen-bond donors (Lipinski definition) is 3. The summed E-state index contributed by atoms with van der Waals surface area (Å²) in [5, 5.41) is 15.1. The van der Waals surface area contributed by atoms with E-state index in [0.29, 0.717) is 27.7 Å². The van der Waals surface area contributed by atoms with Crippen molar-refractivity contribution >= 4 is 52.5 Å². The van der Waals surface area contributed by atoms with Crippen LogP contribution in [0.15, 0.2) is 72.8 Å². The van der Waals surface area contributed by atoms with Crippen molar-refractivity contribution in [3.05, 3.63) is 94.5 Å². The second kappa shape index (κ2) is 10.7. The number of carbonyl (C=O) groups is 3. The van der Waals surface area contributed by atoms with Crippen molar-refractivity contribution in [2.75, 3.05) is 16.4 Å². The molecule has 8 heteroatoms. The number of anilines is 2. The van der Waals surface area contributed by atoms with Crippen LogP contribution in [0.5, 0.6) is 0 Å². The van der Waals surface area contributed by atoms with E-state index in [1.54, 1.807) is 24.3 Å². The Labute approximate surface area is 188 Å². The van der Waals surface area contributed by atoms with Crippen molar-refractivity contribution in [3.63, 3.8) is 0 Å². The van der Waals surface area contributed by atoms with Gasteiger partial charge in [-0.3, -0.25) is 9.59 Å². The Bertz CT molecular complexity index is 1100. The molecule has 0 bridgehead atoms. The van der Waals surface area contributed by atoms with Crippen LogP contribution in [-0.2, 0) is 10.5 Å². The van der Waals surface area contributed by atoms with Crippen LogP contribution < -0.4 is 10.6 Å². The topological polar surface area (TPSA) is 95.5 Å². The first-order valence-corrected chi connectivity index (χ1v) is 10.8. The lowest BCUT2D eigenvalue weighted by Gasteiger charge is -2.09. The molecular weight excluding hydrogens is 436 g/mol. The number of aromatic carboxylic acids is 1. The van der Waals surface area contributed by atoms with Crippen LogP contribution >= 0.6 is 23.4 Å². The number of rotatable bonds is 8. The zero-order valence-electron chi connectivity index (χ0n) is 16.3. The van der Waals surface area contributed by atoms with E-state index >= 15 is 0 Å². The fourth-order valence-corrected chi connectivity index (χ4v) is 3.82. The Hall–Kier alpha value is -3.29. The fourth-order valence-electron chi connectivity index (χ4n) is 2.70. The Morgan fingerprint density at radius 3 is 2.29 bits per heavy atom. The van der Waals surface area contributed by atoms with Crippen LogP contribution in [0.25, 0.3) is 0 Å². The maximum Gasteiger partial charge on any atom is 0.335 e. The third-order valence-corrected chi connectivity index (χ3v) is 5.60. The standard InChI is InChI=1S/C23H19ClN2O4S/c24-20-7-2-1-4-17(20)13-31-14-21(27)25-19-6-3-5-16(12-19)22(28)26-18-10-8-15(9-11-18)23(29)30/h1-12H,13-14H2,(H,25,27)(H,26,28)(H,29,30). The zero-order chi connectivity index (χ0) is 22.2. The molecule has 0 aliphatic heterocycles. The van der Waals surface area contributed by atoms with Gasteiger partial charge in [0.2, 0.25) is 5.91 Å². The monoisotopic (exact) mass is 454 g/mol. The minimum Gasteiger partial charge on any atom is -0.478 e. The summed E-state index contributed by atoms with van der Waals surface area (Å²) in [6.07, 6.45) is 0. The van der Waals surface area contributed by atoms with Crippen LogP contribution in [-0.4, -0.2) is 28.6 Å². The van der Waals surface area contributed by atoms with E-state index in [1.165, 1.54) is 36.0 Å². The molecular formula is C23H19ClN2O4S. The van der Waals surface area contributed by atoms with Crippen molar-refractivity contribution in [2.45, 2.75) is 5.75 Å². The van der Waals surface area contributed by atoms with Gasteiger partial charge in [0, 0.05) is 27.7 Å². The van der Waals surface area contributed by atoms with Gasteiger partial charge in [-0.05, 0) is 54.1 Å². The van der Waals surface area contributed by atoms with Gasteiger partial charge in [-0.25, -0.2) is 4.79 Å². The minimum atomic E-state index is -1.04. The summed E-state index contributed by atoms with van der Waals surface area (Å²) in [5.41, 5.74) is 2.45. The number of carboxylic acids is 1. The van der Waals surface area contributed by atoms with E-state index in [-0.39, 0.29) is 23.1 Å². The third kappa shape index (κ3) is 6.60. The number of nitrogens with one attached hydrogen (secondary N) is 2. The van der Waals surface area contributed by atoms with E-state index in [0.717, 1.165) is 5.56 Å². The highest BCUT2D eigenvalue weighted by molar-refractivity contribution is 7.99. The lowest BCUT2D eigenvalue weighted by atomic mass is 10.1. The lowest BCUT2D eigenvalue weighted by Crippen LogP contribution is -2.16. The smallest absolute Gasteiger partial charge is 0.335 e. The summed E-state index contributed by atoms with van der Waals surface area (Å²) in [4.78, 5) is 35.6. The average Bonchev–Trinajstić information content (AvgIpc) is 2.75. The molecule has 0 spiro atoms. The second-order valence-electron chi connectivity index (χ2n) is 6.55. The quantitative estimate of drug-likeness (QED) is 0.436. The van der Waals surface area contributed by atoms with Crippen molar-refractivity contribution < 1.29 is 19.5 Å². The lowest BCUT2D eigenvalue weighted by molar-refractivity contribution is -0.113. The van der Waals surface area contributed by atoms with Crippen LogP contribution in [0.1, 0.15) is 26.3 Å². The molecule has 0 radical (unpaired) electrons. The Kier molecular flexibility index (Phi) is 7.70. The normalized spacial score (nSPS) is 10.4.